The summed E-state index contributed by atoms with van der Waals surface area (Å²) in [6.07, 6.45) is 1.07. The van der Waals surface area contributed by atoms with Gasteiger partial charge in [-0.05, 0) is 24.5 Å². The third-order valence-electron chi connectivity index (χ3n) is 2.12. The van der Waals surface area contributed by atoms with E-state index in [1.54, 1.807) is 0 Å². The van der Waals surface area contributed by atoms with Crippen molar-refractivity contribution in [2.24, 2.45) is 11.7 Å². The van der Waals surface area contributed by atoms with Crippen LogP contribution in [0.1, 0.15) is 20.3 Å². The van der Waals surface area contributed by atoms with E-state index in [2.05, 4.69) is 31.3 Å². The molecule has 0 bridgehead atoms. The molecule has 14 heavy (non-hydrogen) atoms. The molecule has 0 amide bonds. The van der Waals surface area contributed by atoms with E-state index in [9.17, 15) is 0 Å². The van der Waals surface area contributed by atoms with E-state index < -0.39 is 0 Å². The van der Waals surface area contributed by atoms with Gasteiger partial charge < -0.3 is 11.1 Å². The standard InChI is InChI=1S/C12H20N2/c1-10(2)8-11(13)9-14-12-6-4-3-5-7-12/h3-7,10-11,14H,8-9,13H2,1-2H3. The molecular formula is C12H20N2. The van der Waals surface area contributed by atoms with E-state index in [4.69, 9.17) is 5.73 Å². The minimum absolute atomic E-state index is 0.246. The molecule has 0 saturated carbocycles. The summed E-state index contributed by atoms with van der Waals surface area (Å²) in [5.41, 5.74) is 7.11. The fourth-order valence-electron chi connectivity index (χ4n) is 1.49. The van der Waals surface area contributed by atoms with E-state index in [1.807, 2.05) is 18.2 Å². The molecule has 1 unspecified atom stereocenters. The highest BCUT2D eigenvalue weighted by molar-refractivity contribution is 5.42. The molecule has 0 aromatic heterocycles. The smallest absolute Gasteiger partial charge is 0.0340 e. The van der Waals surface area contributed by atoms with Crippen molar-refractivity contribution < 1.29 is 0 Å². The van der Waals surface area contributed by atoms with Crippen LogP contribution in [0.25, 0.3) is 0 Å². The fraction of sp³-hybridized carbons (Fsp3) is 0.500. The average molecular weight is 192 g/mol. The highest BCUT2D eigenvalue weighted by Gasteiger charge is 2.04. The van der Waals surface area contributed by atoms with Gasteiger partial charge in [-0.25, -0.2) is 0 Å². The Bertz CT molecular complexity index is 244. The van der Waals surface area contributed by atoms with Crippen LogP contribution >= 0.6 is 0 Å². The molecule has 78 valence electrons. The van der Waals surface area contributed by atoms with Crippen molar-refractivity contribution in [3.63, 3.8) is 0 Å². The Morgan fingerprint density at radius 3 is 2.43 bits per heavy atom. The maximum Gasteiger partial charge on any atom is 0.0340 e. The van der Waals surface area contributed by atoms with E-state index in [-0.39, 0.29) is 6.04 Å². The zero-order chi connectivity index (χ0) is 10.4. The van der Waals surface area contributed by atoms with E-state index in [0.717, 1.165) is 18.7 Å². The van der Waals surface area contributed by atoms with Crippen LogP contribution in [0.5, 0.6) is 0 Å². The van der Waals surface area contributed by atoms with Gasteiger partial charge in [-0.3, -0.25) is 0 Å². The number of hydrogen-bond donors (Lipinski definition) is 2. The molecule has 0 fully saturated rings. The Balaban J connectivity index is 2.27. The highest BCUT2D eigenvalue weighted by atomic mass is 14.9. The Hall–Kier alpha value is -1.02. The zero-order valence-electron chi connectivity index (χ0n) is 9.03. The minimum Gasteiger partial charge on any atom is -0.383 e. The van der Waals surface area contributed by atoms with Gasteiger partial charge in [-0.1, -0.05) is 32.0 Å². The van der Waals surface area contributed by atoms with E-state index >= 15 is 0 Å². The Morgan fingerprint density at radius 2 is 1.86 bits per heavy atom. The summed E-state index contributed by atoms with van der Waals surface area (Å²) in [6.45, 7) is 5.24. The number of para-hydroxylation sites is 1. The van der Waals surface area contributed by atoms with Crippen LogP contribution < -0.4 is 11.1 Å². The predicted molar refractivity (Wildman–Crippen MR) is 62.4 cm³/mol. The van der Waals surface area contributed by atoms with Gasteiger partial charge in [0.2, 0.25) is 0 Å². The molecule has 0 heterocycles. The second kappa shape index (κ2) is 5.66. The molecule has 0 aliphatic heterocycles. The Labute approximate surface area is 86.5 Å². The van der Waals surface area contributed by atoms with Gasteiger partial charge in [0.15, 0.2) is 0 Å². The second-order valence-corrected chi connectivity index (χ2v) is 4.14. The monoisotopic (exact) mass is 192 g/mol. The SMILES string of the molecule is CC(C)CC(N)CNc1ccccc1. The van der Waals surface area contributed by atoms with Crippen molar-refractivity contribution in [1.82, 2.24) is 0 Å². The van der Waals surface area contributed by atoms with Gasteiger partial charge in [0.25, 0.3) is 0 Å². The molecule has 0 aliphatic carbocycles. The third kappa shape index (κ3) is 4.28. The molecule has 2 heteroatoms. The number of anilines is 1. The van der Waals surface area contributed by atoms with Crippen LogP contribution in [0, 0.1) is 5.92 Å². The molecule has 2 nitrogen and oxygen atoms in total. The van der Waals surface area contributed by atoms with Crippen molar-refractivity contribution >= 4 is 5.69 Å². The lowest BCUT2D eigenvalue weighted by atomic mass is 10.0. The molecule has 0 radical (unpaired) electrons. The largest absolute Gasteiger partial charge is 0.383 e. The summed E-state index contributed by atoms with van der Waals surface area (Å²) in [5.74, 6) is 0.669. The first-order valence-electron chi connectivity index (χ1n) is 5.23. The third-order valence-corrected chi connectivity index (χ3v) is 2.12. The second-order valence-electron chi connectivity index (χ2n) is 4.14. The van der Waals surface area contributed by atoms with Crippen LogP contribution in [0.3, 0.4) is 0 Å². The maximum atomic E-state index is 5.96. The number of rotatable bonds is 5. The highest BCUT2D eigenvalue weighted by Crippen LogP contribution is 2.07. The van der Waals surface area contributed by atoms with Crippen LogP contribution in [0.15, 0.2) is 30.3 Å². The van der Waals surface area contributed by atoms with Gasteiger partial charge >= 0.3 is 0 Å². The minimum atomic E-state index is 0.246. The normalized spacial score (nSPS) is 12.9. The summed E-state index contributed by atoms with van der Waals surface area (Å²) in [4.78, 5) is 0. The topological polar surface area (TPSA) is 38.0 Å². The molecule has 1 atom stereocenters. The van der Waals surface area contributed by atoms with E-state index in [1.165, 1.54) is 0 Å². The summed E-state index contributed by atoms with van der Waals surface area (Å²) >= 11 is 0. The molecule has 1 rings (SSSR count). The Morgan fingerprint density at radius 1 is 1.21 bits per heavy atom. The van der Waals surface area contributed by atoms with Crippen molar-refractivity contribution in [3.05, 3.63) is 30.3 Å². The first-order valence-corrected chi connectivity index (χ1v) is 5.23. The molecular weight excluding hydrogens is 172 g/mol. The molecule has 3 N–H and O–H groups in total. The first kappa shape index (κ1) is 11.1. The lowest BCUT2D eigenvalue weighted by Crippen LogP contribution is -2.30. The lowest BCUT2D eigenvalue weighted by Gasteiger charge is -2.15. The molecule has 0 spiro atoms. The summed E-state index contributed by atoms with van der Waals surface area (Å²) in [5, 5.41) is 3.32. The van der Waals surface area contributed by atoms with Crippen molar-refractivity contribution in [3.8, 4) is 0 Å². The lowest BCUT2D eigenvalue weighted by molar-refractivity contribution is 0.508. The van der Waals surface area contributed by atoms with Gasteiger partial charge in [0, 0.05) is 18.3 Å². The summed E-state index contributed by atoms with van der Waals surface area (Å²) in [6, 6.07) is 10.4. The maximum absolute atomic E-state index is 5.96. The predicted octanol–water partition coefficient (Wildman–Crippen LogP) is 2.47. The summed E-state index contributed by atoms with van der Waals surface area (Å²) in [7, 11) is 0. The van der Waals surface area contributed by atoms with Crippen LogP contribution in [-0.2, 0) is 0 Å². The summed E-state index contributed by atoms with van der Waals surface area (Å²) < 4.78 is 0. The van der Waals surface area contributed by atoms with Crippen LogP contribution in [-0.4, -0.2) is 12.6 Å². The van der Waals surface area contributed by atoms with Gasteiger partial charge in [0.05, 0.1) is 0 Å². The van der Waals surface area contributed by atoms with Gasteiger partial charge in [0.1, 0.15) is 0 Å². The molecule has 1 aromatic carbocycles. The number of benzene rings is 1. The quantitative estimate of drug-likeness (QED) is 0.752. The average Bonchev–Trinajstić information content (AvgIpc) is 2.15. The van der Waals surface area contributed by atoms with E-state index in [0.29, 0.717) is 5.92 Å². The van der Waals surface area contributed by atoms with Gasteiger partial charge in [-0.2, -0.15) is 0 Å². The van der Waals surface area contributed by atoms with Gasteiger partial charge in [-0.15, -0.1) is 0 Å². The number of nitrogens with one attached hydrogen (secondary N) is 1. The number of nitrogens with two attached hydrogens (primary N) is 1. The van der Waals surface area contributed by atoms with Crippen molar-refractivity contribution in [2.75, 3.05) is 11.9 Å². The molecule has 0 aliphatic rings. The zero-order valence-corrected chi connectivity index (χ0v) is 9.03. The fourth-order valence-corrected chi connectivity index (χ4v) is 1.49. The van der Waals surface area contributed by atoms with Crippen molar-refractivity contribution in [1.29, 1.82) is 0 Å². The van der Waals surface area contributed by atoms with Crippen molar-refractivity contribution in [2.45, 2.75) is 26.3 Å². The number of hydrogen-bond acceptors (Lipinski definition) is 2. The van der Waals surface area contributed by atoms with Crippen LogP contribution in [0.2, 0.25) is 0 Å². The molecule has 1 aromatic rings. The Kier molecular flexibility index (Phi) is 4.47. The molecule has 0 saturated heterocycles. The van der Waals surface area contributed by atoms with Crippen LogP contribution in [0.4, 0.5) is 5.69 Å². The first-order chi connectivity index (χ1) is 6.68.